The first-order valence-corrected chi connectivity index (χ1v) is 5.75. The molecule has 0 saturated carbocycles. The maximum Gasteiger partial charge on any atom is 0.310 e. The summed E-state index contributed by atoms with van der Waals surface area (Å²) in [5, 5.41) is 3.26. The van der Waals surface area contributed by atoms with Crippen LogP contribution in [0, 0.1) is 5.92 Å². The number of ether oxygens (including phenoxy) is 1. The van der Waals surface area contributed by atoms with Crippen LogP contribution in [0.3, 0.4) is 0 Å². The Bertz CT molecular complexity index is 350. The average Bonchev–Trinajstić information content (AvgIpc) is 2.79. The van der Waals surface area contributed by atoms with Crippen molar-refractivity contribution in [2.75, 3.05) is 19.7 Å². The lowest BCUT2D eigenvalue weighted by molar-refractivity contribution is -0.147. The molecule has 0 radical (unpaired) electrons. The summed E-state index contributed by atoms with van der Waals surface area (Å²) in [5.74, 6) is 0.129. The van der Waals surface area contributed by atoms with Gasteiger partial charge in [-0.25, -0.2) is 0 Å². The predicted octanol–water partition coefficient (Wildman–Crippen LogP) is 1.55. The molecule has 1 aliphatic rings. The van der Waals surface area contributed by atoms with Gasteiger partial charge >= 0.3 is 5.97 Å². The fraction of sp³-hybridized carbons (Fsp3) is 0.462. The lowest BCUT2D eigenvalue weighted by atomic mass is 9.89. The first kappa shape index (κ1) is 11.1. The summed E-state index contributed by atoms with van der Waals surface area (Å²) in [6, 6.07) is 10.2. The van der Waals surface area contributed by atoms with Crippen LogP contribution in [0.1, 0.15) is 18.4 Å². The van der Waals surface area contributed by atoms with Crippen molar-refractivity contribution in [3.8, 4) is 0 Å². The molecule has 0 amide bonds. The number of hydrogen-bond donors (Lipinski definition) is 1. The van der Waals surface area contributed by atoms with Gasteiger partial charge in [-0.2, -0.15) is 0 Å². The second-order valence-corrected chi connectivity index (χ2v) is 4.03. The standard InChI is InChI=1S/C13H17NO2/c1-2-16-13(15)12-9-14-8-11(12)10-6-4-3-5-7-10/h3-7,11-12,14H,2,8-9H2,1H3/t11-,12+/m0/s1. The first-order chi connectivity index (χ1) is 7.83. The highest BCUT2D eigenvalue weighted by atomic mass is 16.5. The molecule has 3 nitrogen and oxygen atoms in total. The Hall–Kier alpha value is -1.35. The Morgan fingerprint density at radius 1 is 1.38 bits per heavy atom. The van der Waals surface area contributed by atoms with Crippen LogP contribution >= 0.6 is 0 Å². The van der Waals surface area contributed by atoms with Gasteiger partial charge in [-0.1, -0.05) is 30.3 Å². The molecule has 1 heterocycles. The Balaban J connectivity index is 2.12. The van der Waals surface area contributed by atoms with Crippen molar-refractivity contribution >= 4 is 5.97 Å². The summed E-state index contributed by atoms with van der Waals surface area (Å²) in [6.45, 7) is 3.88. The fourth-order valence-electron chi connectivity index (χ4n) is 2.23. The largest absolute Gasteiger partial charge is 0.466 e. The third-order valence-electron chi connectivity index (χ3n) is 3.03. The Kier molecular flexibility index (Phi) is 3.57. The van der Waals surface area contributed by atoms with E-state index in [0.717, 1.165) is 13.1 Å². The number of esters is 1. The number of carbonyl (C=O) groups is 1. The molecule has 3 heteroatoms. The molecule has 1 aromatic rings. The van der Waals surface area contributed by atoms with E-state index in [0.29, 0.717) is 6.61 Å². The second kappa shape index (κ2) is 5.12. The van der Waals surface area contributed by atoms with E-state index < -0.39 is 0 Å². The van der Waals surface area contributed by atoms with Gasteiger partial charge in [0.1, 0.15) is 0 Å². The molecule has 1 N–H and O–H groups in total. The SMILES string of the molecule is CCOC(=O)[C@@H]1CNC[C@H]1c1ccccc1. The topological polar surface area (TPSA) is 38.3 Å². The fourth-order valence-corrected chi connectivity index (χ4v) is 2.23. The zero-order valence-electron chi connectivity index (χ0n) is 9.48. The van der Waals surface area contributed by atoms with Crippen LogP contribution in [0.5, 0.6) is 0 Å². The van der Waals surface area contributed by atoms with Gasteiger partial charge in [-0.15, -0.1) is 0 Å². The molecule has 1 fully saturated rings. The van der Waals surface area contributed by atoms with E-state index >= 15 is 0 Å². The van der Waals surface area contributed by atoms with Gasteiger partial charge in [0.15, 0.2) is 0 Å². The van der Waals surface area contributed by atoms with Gasteiger partial charge in [-0.3, -0.25) is 4.79 Å². The minimum Gasteiger partial charge on any atom is -0.466 e. The molecule has 0 spiro atoms. The Morgan fingerprint density at radius 3 is 2.81 bits per heavy atom. The van der Waals surface area contributed by atoms with Crippen molar-refractivity contribution in [2.45, 2.75) is 12.8 Å². The molecular weight excluding hydrogens is 202 g/mol. The Labute approximate surface area is 95.8 Å². The van der Waals surface area contributed by atoms with Crippen molar-refractivity contribution < 1.29 is 9.53 Å². The normalized spacial score (nSPS) is 24.3. The predicted molar refractivity (Wildman–Crippen MR) is 62.2 cm³/mol. The highest BCUT2D eigenvalue weighted by Gasteiger charge is 2.34. The minimum atomic E-state index is -0.0821. The summed E-state index contributed by atoms with van der Waals surface area (Å²) < 4.78 is 5.10. The monoisotopic (exact) mass is 219 g/mol. The maximum atomic E-state index is 11.8. The van der Waals surface area contributed by atoms with Crippen molar-refractivity contribution in [1.29, 1.82) is 0 Å². The van der Waals surface area contributed by atoms with E-state index in [2.05, 4.69) is 17.4 Å². The molecule has 1 aromatic carbocycles. The minimum absolute atomic E-state index is 0.0395. The summed E-state index contributed by atoms with van der Waals surface area (Å²) in [5.41, 5.74) is 1.21. The number of hydrogen-bond acceptors (Lipinski definition) is 3. The van der Waals surface area contributed by atoms with Crippen LogP contribution in [0.2, 0.25) is 0 Å². The molecule has 2 rings (SSSR count). The van der Waals surface area contributed by atoms with Crippen LogP contribution in [0.4, 0.5) is 0 Å². The highest BCUT2D eigenvalue weighted by Crippen LogP contribution is 2.28. The van der Waals surface area contributed by atoms with E-state index in [-0.39, 0.29) is 17.8 Å². The van der Waals surface area contributed by atoms with Crippen LogP contribution in [-0.2, 0) is 9.53 Å². The van der Waals surface area contributed by atoms with E-state index in [9.17, 15) is 4.79 Å². The van der Waals surface area contributed by atoms with Crippen LogP contribution in [0.15, 0.2) is 30.3 Å². The van der Waals surface area contributed by atoms with Crippen LogP contribution in [-0.4, -0.2) is 25.7 Å². The van der Waals surface area contributed by atoms with E-state index in [1.165, 1.54) is 5.56 Å². The quantitative estimate of drug-likeness (QED) is 0.784. The summed E-state index contributed by atoms with van der Waals surface area (Å²) in [7, 11) is 0. The van der Waals surface area contributed by atoms with Gasteiger partial charge in [-0.05, 0) is 12.5 Å². The van der Waals surface area contributed by atoms with Crippen molar-refractivity contribution in [1.82, 2.24) is 5.32 Å². The molecule has 2 atom stereocenters. The molecule has 1 aliphatic heterocycles. The van der Waals surface area contributed by atoms with Gasteiger partial charge in [0.05, 0.1) is 12.5 Å². The van der Waals surface area contributed by atoms with E-state index in [1.54, 1.807) is 0 Å². The summed E-state index contributed by atoms with van der Waals surface area (Å²) in [4.78, 5) is 11.8. The Morgan fingerprint density at radius 2 is 2.12 bits per heavy atom. The van der Waals surface area contributed by atoms with Crippen LogP contribution in [0.25, 0.3) is 0 Å². The van der Waals surface area contributed by atoms with Gasteiger partial charge in [0.25, 0.3) is 0 Å². The third kappa shape index (κ3) is 2.25. The van der Waals surface area contributed by atoms with E-state index in [4.69, 9.17) is 4.74 Å². The smallest absolute Gasteiger partial charge is 0.310 e. The number of benzene rings is 1. The first-order valence-electron chi connectivity index (χ1n) is 5.75. The zero-order valence-corrected chi connectivity index (χ0v) is 9.48. The molecule has 1 saturated heterocycles. The molecule has 0 aromatic heterocycles. The summed E-state index contributed by atoms with van der Waals surface area (Å²) >= 11 is 0. The molecule has 0 unspecified atom stereocenters. The second-order valence-electron chi connectivity index (χ2n) is 4.03. The molecule has 0 aliphatic carbocycles. The van der Waals surface area contributed by atoms with Crippen molar-refractivity contribution in [3.63, 3.8) is 0 Å². The van der Waals surface area contributed by atoms with Crippen molar-refractivity contribution in [2.24, 2.45) is 5.92 Å². The van der Waals surface area contributed by atoms with Gasteiger partial charge in [0, 0.05) is 19.0 Å². The third-order valence-corrected chi connectivity index (χ3v) is 3.03. The number of carbonyl (C=O) groups excluding carboxylic acids is 1. The number of rotatable bonds is 3. The van der Waals surface area contributed by atoms with Gasteiger partial charge < -0.3 is 10.1 Å². The molecular formula is C13H17NO2. The van der Waals surface area contributed by atoms with Gasteiger partial charge in [0.2, 0.25) is 0 Å². The van der Waals surface area contributed by atoms with Crippen LogP contribution < -0.4 is 5.32 Å². The number of nitrogens with one attached hydrogen (secondary N) is 1. The lowest BCUT2D eigenvalue weighted by Crippen LogP contribution is -2.24. The van der Waals surface area contributed by atoms with E-state index in [1.807, 2.05) is 25.1 Å². The highest BCUT2D eigenvalue weighted by molar-refractivity contribution is 5.74. The zero-order chi connectivity index (χ0) is 11.4. The molecule has 0 bridgehead atoms. The molecule has 16 heavy (non-hydrogen) atoms. The lowest BCUT2D eigenvalue weighted by Gasteiger charge is -2.17. The van der Waals surface area contributed by atoms with Crippen molar-refractivity contribution in [3.05, 3.63) is 35.9 Å². The summed E-state index contributed by atoms with van der Waals surface area (Å²) in [6.07, 6.45) is 0. The average molecular weight is 219 g/mol. The maximum absolute atomic E-state index is 11.8. The molecule has 86 valence electrons.